The predicted molar refractivity (Wildman–Crippen MR) is 82.9 cm³/mol. The Morgan fingerprint density at radius 2 is 2.15 bits per heavy atom. The summed E-state index contributed by atoms with van der Waals surface area (Å²) < 4.78 is 5.45. The van der Waals surface area contributed by atoms with Crippen molar-refractivity contribution >= 4 is 11.6 Å². The molecular weight excluding hydrogens is 252 g/mol. The highest BCUT2D eigenvalue weighted by molar-refractivity contribution is 5.88. The zero-order chi connectivity index (χ0) is 14.8. The van der Waals surface area contributed by atoms with Gasteiger partial charge in [-0.15, -0.1) is 0 Å². The first-order chi connectivity index (χ1) is 9.63. The zero-order valence-corrected chi connectivity index (χ0v) is 12.7. The number of ether oxygens (including phenoxy) is 1. The van der Waals surface area contributed by atoms with Crippen molar-refractivity contribution in [1.82, 2.24) is 5.32 Å². The highest BCUT2D eigenvalue weighted by Gasteiger charge is 2.05. The van der Waals surface area contributed by atoms with Gasteiger partial charge in [0.2, 0.25) is 5.91 Å². The second-order valence-electron chi connectivity index (χ2n) is 4.95. The van der Waals surface area contributed by atoms with Crippen LogP contribution in [0, 0.1) is 0 Å². The maximum absolute atomic E-state index is 11.1. The Morgan fingerprint density at radius 1 is 1.35 bits per heavy atom. The van der Waals surface area contributed by atoms with E-state index in [1.807, 2.05) is 18.2 Å². The predicted octanol–water partition coefficient (Wildman–Crippen LogP) is 3.11. The summed E-state index contributed by atoms with van der Waals surface area (Å²) in [5.74, 6) is -0.0455. The number of amides is 1. The topological polar surface area (TPSA) is 50.4 Å². The average molecular weight is 278 g/mol. The SMILES string of the molecule is CCCOCCCNC(C)c1cccc(NC(C)=O)c1. The summed E-state index contributed by atoms with van der Waals surface area (Å²) in [6.07, 6.45) is 2.08. The summed E-state index contributed by atoms with van der Waals surface area (Å²) in [5.41, 5.74) is 2.01. The van der Waals surface area contributed by atoms with E-state index in [1.54, 1.807) is 0 Å². The molecule has 0 aliphatic carbocycles. The second-order valence-corrected chi connectivity index (χ2v) is 4.95. The Kier molecular flexibility index (Phi) is 7.92. The molecule has 0 saturated heterocycles. The van der Waals surface area contributed by atoms with Crippen LogP contribution in [0.1, 0.15) is 45.2 Å². The molecule has 0 fully saturated rings. The molecule has 0 aromatic heterocycles. The molecule has 0 radical (unpaired) electrons. The van der Waals surface area contributed by atoms with Crippen molar-refractivity contribution in [2.75, 3.05) is 25.1 Å². The summed E-state index contributed by atoms with van der Waals surface area (Å²) in [7, 11) is 0. The van der Waals surface area contributed by atoms with Crippen LogP contribution in [0.4, 0.5) is 5.69 Å². The van der Waals surface area contributed by atoms with Gasteiger partial charge in [0.25, 0.3) is 0 Å². The zero-order valence-electron chi connectivity index (χ0n) is 12.7. The van der Waals surface area contributed by atoms with Gasteiger partial charge in [-0.05, 0) is 44.0 Å². The standard InChI is InChI=1S/C16H26N2O2/c1-4-10-20-11-6-9-17-13(2)15-7-5-8-16(12-15)18-14(3)19/h5,7-8,12-13,17H,4,6,9-11H2,1-3H3,(H,18,19). The average Bonchev–Trinajstić information content (AvgIpc) is 2.42. The van der Waals surface area contributed by atoms with Gasteiger partial charge in [0.1, 0.15) is 0 Å². The highest BCUT2D eigenvalue weighted by atomic mass is 16.5. The van der Waals surface area contributed by atoms with Crippen molar-refractivity contribution in [3.05, 3.63) is 29.8 Å². The van der Waals surface area contributed by atoms with Gasteiger partial charge in [0.15, 0.2) is 0 Å². The first kappa shape index (κ1) is 16.7. The Balaban J connectivity index is 2.35. The third-order valence-electron chi connectivity index (χ3n) is 2.97. The van der Waals surface area contributed by atoms with Crippen LogP contribution in [0.5, 0.6) is 0 Å². The minimum Gasteiger partial charge on any atom is -0.381 e. The molecule has 2 N–H and O–H groups in total. The van der Waals surface area contributed by atoms with Crippen LogP contribution < -0.4 is 10.6 Å². The monoisotopic (exact) mass is 278 g/mol. The van der Waals surface area contributed by atoms with Gasteiger partial charge >= 0.3 is 0 Å². The molecule has 1 aromatic rings. The second kappa shape index (κ2) is 9.50. The van der Waals surface area contributed by atoms with Gasteiger partial charge in [0.05, 0.1) is 0 Å². The lowest BCUT2D eigenvalue weighted by molar-refractivity contribution is -0.114. The van der Waals surface area contributed by atoms with Crippen molar-refractivity contribution in [2.24, 2.45) is 0 Å². The van der Waals surface area contributed by atoms with Crippen LogP contribution in [-0.4, -0.2) is 25.7 Å². The van der Waals surface area contributed by atoms with Crippen LogP contribution in [0.25, 0.3) is 0 Å². The summed E-state index contributed by atoms with van der Waals surface area (Å²) in [4.78, 5) is 11.1. The number of carbonyl (C=O) groups is 1. The summed E-state index contributed by atoms with van der Waals surface area (Å²) in [6, 6.07) is 8.19. The lowest BCUT2D eigenvalue weighted by Gasteiger charge is -2.15. The molecule has 1 unspecified atom stereocenters. The molecule has 0 aliphatic rings. The fraction of sp³-hybridized carbons (Fsp3) is 0.562. The number of hydrogen-bond donors (Lipinski definition) is 2. The molecule has 0 heterocycles. The van der Waals surface area contributed by atoms with Gasteiger partial charge in [-0.3, -0.25) is 4.79 Å². The van der Waals surface area contributed by atoms with Crippen molar-refractivity contribution in [3.63, 3.8) is 0 Å². The summed E-state index contributed by atoms with van der Waals surface area (Å²) >= 11 is 0. The van der Waals surface area contributed by atoms with Gasteiger partial charge in [-0.2, -0.15) is 0 Å². The third-order valence-corrected chi connectivity index (χ3v) is 2.97. The molecule has 0 saturated carbocycles. The first-order valence-electron chi connectivity index (χ1n) is 7.32. The maximum atomic E-state index is 11.1. The molecule has 112 valence electrons. The molecule has 4 nitrogen and oxygen atoms in total. The molecule has 1 aromatic carbocycles. The van der Waals surface area contributed by atoms with Crippen LogP contribution in [0.2, 0.25) is 0 Å². The maximum Gasteiger partial charge on any atom is 0.221 e. The van der Waals surface area contributed by atoms with Gasteiger partial charge in [-0.1, -0.05) is 19.1 Å². The van der Waals surface area contributed by atoms with E-state index in [0.717, 1.165) is 38.3 Å². The molecular formula is C16H26N2O2. The van der Waals surface area contributed by atoms with Crippen LogP contribution >= 0.6 is 0 Å². The van der Waals surface area contributed by atoms with Crippen LogP contribution in [0.3, 0.4) is 0 Å². The molecule has 1 amide bonds. The lowest BCUT2D eigenvalue weighted by atomic mass is 10.1. The van der Waals surface area contributed by atoms with Crippen molar-refractivity contribution < 1.29 is 9.53 Å². The quantitative estimate of drug-likeness (QED) is 0.682. The molecule has 4 heteroatoms. The molecule has 0 aliphatic heterocycles. The largest absolute Gasteiger partial charge is 0.381 e. The number of nitrogens with one attached hydrogen (secondary N) is 2. The van der Waals surface area contributed by atoms with E-state index in [-0.39, 0.29) is 11.9 Å². The number of rotatable bonds is 9. The van der Waals surface area contributed by atoms with E-state index in [9.17, 15) is 4.79 Å². The van der Waals surface area contributed by atoms with E-state index in [1.165, 1.54) is 12.5 Å². The normalized spacial score (nSPS) is 12.2. The van der Waals surface area contributed by atoms with Crippen LogP contribution in [-0.2, 0) is 9.53 Å². The highest BCUT2D eigenvalue weighted by Crippen LogP contribution is 2.17. The third kappa shape index (κ3) is 6.68. The summed E-state index contributed by atoms with van der Waals surface area (Å²) in [5, 5.41) is 6.27. The van der Waals surface area contributed by atoms with Crippen LogP contribution in [0.15, 0.2) is 24.3 Å². The Bertz CT molecular complexity index is 407. The lowest BCUT2D eigenvalue weighted by Crippen LogP contribution is -2.21. The van der Waals surface area contributed by atoms with Crippen molar-refractivity contribution in [1.29, 1.82) is 0 Å². The fourth-order valence-corrected chi connectivity index (χ4v) is 1.95. The van der Waals surface area contributed by atoms with Gasteiger partial charge in [0, 0.05) is 31.9 Å². The number of anilines is 1. The molecule has 0 spiro atoms. The minimum atomic E-state index is -0.0455. The first-order valence-corrected chi connectivity index (χ1v) is 7.32. The van der Waals surface area contributed by atoms with Crippen molar-refractivity contribution in [3.8, 4) is 0 Å². The number of benzene rings is 1. The van der Waals surface area contributed by atoms with E-state index in [2.05, 4.69) is 30.5 Å². The molecule has 1 rings (SSSR count). The van der Waals surface area contributed by atoms with Gasteiger partial charge in [-0.25, -0.2) is 0 Å². The molecule has 0 bridgehead atoms. The van der Waals surface area contributed by atoms with E-state index < -0.39 is 0 Å². The Morgan fingerprint density at radius 3 is 2.85 bits per heavy atom. The van der Waals surface area contributed by atoms with E-state index >= 15 is 0 Å². The smallest absolute Gasteiger partial charge is 0.221 e. The Hall–Kier alpha value is -1.39. The fourth-order valence-electron chi connectivity index (χ4n) is 1.95. The number of hydrogen-bond acceptors (Lipinski definition) is 3. The van der Waals surface area contributed by atoms with Crippen molar-refractivity contribution in [2.45, 2.75) is 39.7 Å². The minimum absolute atomic E-state index is 0.0455. The Labute approximate surface area is 121 Å². The van der Waals surface area contributed by atoms with E-state index in [0.29, 0.717) is 0 Å². The summed E-state index contributed by atoms with van der Waals surface area (Å²) in [6.45, 7) is 8.33. The number of carbonyl (C=O) groups excluding carboxylic acids is 1. The molecule has 1 atom stereocenters. The van der Waals surface area contributed by atoms with Gasteiger partial charge < -0.3 is 15.4 Å². The molecule has 20 heavy (non-hydrogen) atoms. The van der Waals surface area contributed by atoms with E-state index in [4.69, 9.17) is 4.74 Å².